The zero-order chi connectivity index (χ0) is 29.4. The van der Waals surface area contributed by atoms with Gasteiger partial charge in [-0.3, -0.25) is 0 Å². The molecule has 7 nitrogen and oxygen atoms in total. The number of fused-ring (bicyclic) bond motifs is 8. The number of benzene rings is 5. The molecule has 3 heterocycles. The molecule has 0 fully saturated rings. The third-order valence-electron chi connectivity index (χ3n) is 8.46. The van der Waals surface area contributed by atoms with Crippen molar-refractivity contribution in [3.05, 3.63) is 113 Å². The van der Waals surface area contributed by atoms with Gasteiger partial charge in [0, 0.05) is 27.2 Å². The smallest absolute Gasteiger partial charge is 0.332 e. The lowest BCUT2D eigenvalue weighted by Gasteiger charge is -2.28. The highest BCUT2D eigenvalue weighted by Gasteiger charge is 2.37. The lowest BCUT2D eigenvalue weighted by atomic mass is 9.48. The first kappa shape index (κ1) is 24.0. The highest BCUT2D eigenvalue weighted by molar-refractivity contribution is 6.88. The quantitative estimate of drug-likeness (QED) is 0.262. The molecule has 0 saturated heterocycles. The van der Waals surface area contributed by atoms with E-state index < -0.39 is 6.85 Å². The van der Waals surface area contributed by atoms with Crippen molar-refractivity contribution in [3.8, 4) is 36.0 Å². The highest BCUT2D eigenvalue weighted by atomic mass is 15.0. The number of hydrogen-bond acceptors (Lipinski definition) is 5. The van der Waals surface area contributed by atoms with Crippen molar-refractivity contribution >= 4 is 61.4 Å². The van der Waals surface area contributed by atoms with Crippen LogP contribution in [0.1, 0.15) is 27.8 Å². The second-order valence-electron chi connectivity index (χ2n) is 10.5. The molecule has 8 heteroatoms. The Labute approximate surface area is 245 Å². The van der Waals surface area contributed by atoms with Gasteiger partial charge >= 0.3 is 6.85 Å². The summed E-state index contributed by atoms with van der Waals surface area (Å²) in [6.45, 7) is -0.452. The van der Waals surface area contributed by atoms with Crippen molar-refractivity contribution in [2.45, 2.75) is 0 Å². The largest absolute Gasteiger partial charge is 0.374 e. The van der Waals surface area contributed by atoms with Gasteiger partial charge in [0.15, 0.2) is 0 Å². The molecular weight excluding hydrogens is 529 g/mol. The Morgan fingerprint density at radius 3 is 1.74 bits per heavy atom. The van der Waals surface area contributed by atoms with Crippen LogP contribution >= 0.6 is 0 Å². The van der Waals surface area contributed by atoms with Gasteiger partial charge in [0.2, 0.25) is 0 Å². The molecule has 0 saturated carbocycles. The zero-order valence-electron chi connectivity index (χ0n) is 22.3. The Hall–Kier alpha value is -6.79. The predicted molar refractivity (Wildman–Crippen MR) is 164 cm³/mol. The van der Waals surface area contributed by atoms with Crippen LogP contribution in [-0.4, -0.2) is 15.9 Å². The van der Waals surface area contributed by atoms with Crippen LogP contribution in [0.25, 0.3) is 49.3 Å². The SMILES string of the molecule is N#Cc1cc(C#N)c2c(c1)c1cc(C#N)cc(C#N)c1n2B1c2ccccc2-n2c3cc(C#N)ccc3c3cccc1c32. The van der Waals surface area contributed by atoms with Crippen molar-refractivity contribution in [1.29, 1.82) is 26.3 Å². The molecule has 43 heavy (non-hydrogen) atoms. The minimum atomic E-state index is -0.452. The number of hydrogen-bond donors (Lipinski definition) is 0. The fourth-order valence-corrected chi connectivity index (χ4v) is 6.87. The molecular formula is C35H14BN7. The summed E-state index contributed by atoms with van der Waals surface area (Å²) in [4.78, 5) is 0. The van der Waals surface area contributed by atoms with Crippen LogP contribution in [0.2, 0.25) is 0 Å². The van der Waals surface area contributed by atoms with Gasteiger partial charge in [-0.15, -0.1) is 0 Å². The topological polar surface area (TPSA) is 129 Å². The van der Waals surface area contributed by atoms with Crippen molar-refractivity contribution in [2.75, 3.05) is 0 Å². The Bertz CT molecular complexity index is 2550. The minimum Gasteiger partial charge on any atom is -0.374 e. The molecule has 8 rings (SSSR count). The molecule has 5 aromatic carbocycles. The van der Waals surface area contributed by atoms with E-state index in [-0.39, 0.29) is 0 Å². The minimum absolute atomic E-state index is 0.307. The fourth-order valence-electron chi connectivity index (χ4n) is 6.87. The van der Waals surface area contributed by atoms with E-state index in [0.29, 0.717) is 49.6 Å². The second kappa shape index (κ2) is 8.61. The number of aromatic nitrogens is 2. The van der Waals surface area contributed by atoms with E-state index in [9.17, 15) is 26.3 Å². The Balaban J connectivity index is 1.63. The van der Waals surface area contributed by atoms with Crippen LogP contribution < -0.4 is 10.9 Å². The van der Waals surface area contributed by atoms with Gasteiger partial charge in [0.1, 0.15) is 12.1 Å². The first-order valence-electron chi connectivity index (χ1n) is 13.4. The van der Waals surface area contributed by atoms with Gasteiger partial charge in [-0.2, -0.15) is 26.3 Å². The Morgan fingerprint density at radius 2 is 1.12 bits per heavy atom. The van der Waals surface area contributed by atoms with Gasteiger partial charge in [0.05, 0.1) is 68.1 Å². The van der Waals surface area contributed by atoms with Crippen molar-refractivity contribution < 1.29 is 0 Å². The van der Waals surface area contributed by atoms with E-state index in [0.717, 1.165) is 38.4 Å². The third-order valence-corrected chi connectivity index (χ3v) is 8.46. The van der Waals surface area contributed by atoms with Gasteiger partial charge in [-0.1, -0.05) is 42.5 Å². The summed E-state index contributed by atoms with van der Waals surface area (Å²) >= 11 is 0. The molecule has 2 aromatic heterocycles. The zero-order valence-corrected chi connectivity index (χ0v) is 22.3. The van der Waals surface area contributed by atoms with Crippen LogP contribution in [0.3, 0.4) is 0 Å². The van der Waals surface area contributed by atoms with Crippen LogP contribution in [0.4, 0.5) is 0 Å². The second-order valence-corrected chi connectivity index (χ2v) is 10.5. The van der Waals surface area contributed by atoms with Crippen LogP contribution in [0.15, 0.2) is 84.9 Å². The van der Waals surface area contributed by atoms with Crippen molar-refractivity contribution in [2.24, 2.45) is 0 Å². The summed E-state index contributed by atoms with van der Waals surface area (Å²) in [7, 11) is 0. The lowest BCUT2D eigenvalue weighted by molar-refractivity contribution is 1.18. The number of para-hydroxylation sites is 2. The van der Waals surface area contributed by atoms with Crippen molar-refractivity contribution in [1.82, 2.24) is 9.05 Å². The molecule has 0 spiro atoms. The molecule has 0 atom stereocenters. The summed E-state index contributed by atoms with van der Waals surface area (Å²) in [6, 6.07) is 37.7. The Kier molecular flexibility index (Phi) is 4.81. The number of nitrogens with zero attached hydrogens (tertiary/aromatic N) is 7. The van der Waals surface area contributed by atoms with E-state index in [1.165, 1.54) is 0 Å². The summed E-state index contributed by atoms with van der Waals surface area (Å²) in [5, 5.41) is 53.3. The first-order chi connectivity index (χ1) is 21.1. The highest BCUT2D eigenvalue weighted by Crippen LogP contribution is 2.38. The molecule has 1 aliphatic rings. The van der Waals surface area contributed by atoms with E-state index >= 15 is 0 Å². The molecule has 0 N–H and O–H groups in total. The van der Waals surface area contributed by atoms with E-state index in [4.69, 9.17) is 0 Å². The van der Waals surface area contributed by atoms with E-state index in [1.807, 2.05) is 53.0 Å². The van der Waals surface area contributed by atoms with Gasteiger partial charge in [-0.25, -0.2) is 0 Å². The van der Waals surface area contributed by atoms with Gasteiger partial charge in [0.25, 0.3) is 0 Å². The summed E-state index contributed by atoms with van der Waals surface area (Å²) in [5.74, 6) is 0. The number of rotatable bonds is 1. The maximum atomic E-state index is 10.4. The van der Waals surface area contributed by atoms with E-state index in [2.05, 4.69) is 47.0 Å². The molecule has 192 valence electrons. The molecule has 0 amide bonds. The summed E-state index contributed by atoms with van der Waals surface area (Å²) < 4.78 is 4.23. The summed E-state index contributed by atoms with van der Waals surface area (Å²) in [6.07, 6.45) is 0. The van der Waals surface area contributed by atoms with Crippen LogP contribution in [0.5, 0.6) is 0 Å². The molecule has 0 unspecified atom stereocenters. The molecule has 0 radical (unpaired) electrons. The molecule has 0 bridgehead atoms. The van der Waals surface area contributed by atoms with Gasteiger partial charge in [-0.05, 0) is 53.4 Å². The predicted octanol–water partition coefficient (Wildman–Crippen LogP) is 5.22. The van der Waals surface area contributed by atoms with E-state index in [1.54, 1.807) is 24.3 Å². The lowest BCUT2D eigenvalue weighted by Crippen LogP contribution is -2.53. The molecule has 7 aromatic rings. The average Bonchev–Trinajstić information content (AvgIpc) is 3.57. The number of nitriles is 5. The normalized spacial score (nSPS) is 11.6. The maximum absolute atomic E-state index is 10.4. The first-order valence-corrected chi connectivity index (χ1v) is 13.4. The van der Waals surface area contributed by atoms with Crippen LogP contribution in [-0.2, 0) is 0 Å². The fraction of sp³-hybridized carbons (Fsp3) is 0. The Morgan fingerprint density at radius 1 is 0.488 bits per heavy atom. The third kappa shape index (κ3) is 3.03. The average molecular weight is 543 g/mol. The van der Waals surface area contributed by atoms with Crippen LogP contribution in [0, 0.1) is 56.7 Å². The standard InChI is InChI=1S/C35H14BN7/c37-15-20-8-9-25-26-4-3-6-30-35(26)42(32(25)14-20)31-7-2-1-5-29(31)36(30)43-33-23(18-40)10-21(16-38)12-27(33)28-13-22(17-39)11-24(19-41)34(28)43/h1-14H. The molecule has 0 aliphatic carbocycles. The van der Waals surface area contributed by atoms with Gasteiger partial charge < -0.3 is 9.05 Å². The summed E-state index contributed by atoms with van der Waals surface area (Å²) in [5.41, 5.74) is 7.75. The monoisotopic (exact) mass is 543 g/mol. The van der Waals surface area contributed by atoms with Crippen molar-refractivity contribution in [3.63, 3.8) is 0 Å². The molecule has 1 aliphatic heterocycles. The maximum Gasteiger partial charge on any atom is 0.332 e.